The molecule has 4 rings (SSSR count). The van der Waals surface area contributed by atoms with Gasteiger partial charge in [-0.05, 0) is 42.7 Å². The van der Waals surface area contributed by atoms with Crippen LogP contribution in [0.3, 0.4) is 0 Å². The van der Waals surface area contributed by atoms with Gasteiger partial charge in [0.25, 0.3) is 11.8 Å². The van der Waals surface area contributed by atoms with Crippen molar-refractivity contribution >= 4 is 17.5 Å². The number of nitrogens with zero attached hydrogens (tertiary/aromatic N) is 1. The van der Waals surface area contributed by atoms with Crippen molar-refractivity contribution in [2.75, 3.05) is 11.5 Å². The number of amides is 2. The number of ether oxygens (including phenoxy) is 1. The van der Waals surface area contributed by atoms with Crippen molar-refractivity contribution in [2.45, 2.75) is 25.4 Å². The van der Waals surface area contributed by atoms with Gasteiger partial charge >= 0.3 is 0 Å². The number of hydrogen-bond donors (Lipinski definition) is 1. The largest absolute Gasteiger partial charge is 0.482 e. The van der Waals surface area contributed by atoms with Crippen LogP contribution in [0.5, 0.6) is 5.75 Å². The van der Waals surface area contributed by atoms with E-state index in [-0.39, 0.29) is 18.4 Å². The first-order valence-corrected chi connectivity index (χ1v) is 8.13. The standard InChI is InChI=1S/C19H18N2O3/c22-18-12-24-17-4-2-1-3-16(17)21(18)11-13-5-7-14(8-6-13)19(23)20-15-9-10-15/h1-8,15H,9-12H2,(H,20,23). The Morgan fingerprint density at radius 3 is 2.62 bits per heavy atom. The summed E-state index contributed by atoms with van der Waals surface area (Å²) in [6.45, 7) is 0.516. The molecule has 1 saturated carbocycles. The lowest BCUT2D eigenvalue weighted by Gasteiger charge is -2.29. The van der Waals surface area contributed by atoms with Crippen LogP contribution in [-0.2, 0) is 11.3 Å². The summed E-state index contributed by atoms with van der Waals surface area (Å²) in [5, 5.41) is 2.97. The number of rotatable bonds is 4. The zero-order valence-electron chi connectivity index (χ0n) is 13.2. The third-order valence-electron chi connectivity index (χ3n) is 4.28. The molecule has 2 aromatic carbocycles. The first-order valence-electron chi connectivity index (χ1n) is 8.13. The van der Waals surface area contributed by atoms with E-state index in [1.165, 1.54) is 0 Å². The van der Waals surface area contributed by atoms with Gasteiger partial charge in [-0.2, -0.15) is 0 Å². The molecule has 122 valence electrons. The number of hydrogen-bond acceptors (Lipinski definition) is 3. The normalized spacial score (nSPS) is 16.3. The smallest absolute Gasteiger partial charge is 0.265 e. The van der Waals surface area contributed by atoms with Crippen molar-refractivity contribution in [3.63, 3.8) is 0 Å². The Hall–Kier alpha value is -2.82. The van der Waals surface area contributed by atoms with Crippen molar-refractivity contribution in [2.24, 2.45) is 0 Å². The topological polar surface area (TPSA) is 58.6 Å². The number of carbonyl (C=O) groups excluding carboxylic acids is 2. The molecule has 0 spiro atoms. The van der Waals surface area contributed by atoms with Crippen molar-refractivity contribution in [3.8, 4) is 5.75 Å². The molecule has 1 aliphatic heterocycles. The predicted octanol–water partition coefficient (Wildman–Crippen LogP) is 2.50. The minimum atomic E-state index is -0.0655. The number of nitrogens with one attached hydrogen (secondary N) is 1. The lowest BCUT2D eigenvalue weighted by Crippen LogP contribution is -2.38. The van der Waals surface area contributed by atoms with Gasteiger partial charge in [0.05, 0.1) is 12.2 Å². The Kier molecular flexibility index (Phi) is 3.69. The summed E-state index contributed by atoms with van der Waals surface area (Å²) in [5.74, 6) is 0.624. The molecule has 0 unspecified atom stereocenters. The van der Waals surface area contributed by atoms with Crippen LogP contribution in [0, 0.1) is 0 Å². The molecule has 24 heavy (non-hydrogen) atoms. The SMILES string of the molecule is O=C(NC1CC1)c1ccc(CN2C(=O)COc3ccccc32)cc1. The molecule has 1 heterocycles. The molecule has 2 aliphatic rings. The van der Waals surface area contributed by atoms with E-state index in [2.05, 4.69) is 5.32 Å². The number of carbonyl (C=O) groups is 2. The highest BCUT2D eigenvalue weighted by molar-refractivity contribution is 5.98. The lowest BCUT2D eigenvalue weighted by atomic mass is 10.1. The number of anilines is 1. The van der Waals surface area contributed by atoms with Gasteiger partial charge in [0, 0.05) is 11.6 Å². The minimum Gasteiger partial charge on any atom is -0.482 e. The molecular weight excluding hydrogens is 304 g/mol. The quantitative estimate of drug-likeness (QED) is 0.941. The maximum absolute atomic E-state index is 12.2. The second kappa shape index (κ2) is 6.00. The lowest BCUT2D eigenvalue weighted by molar-refractivity contribution is -0.121. The van der Waals surface area contributed by atoms with E-state index >= 15 is 0 Å². The van der Waals surface area contributed by atoms with E-state index < -0.39 is 0 Å². The molecule has 0 saturated heterocycles. The highest BCUT2D eigenvalue weighted by atomic mass is 16.5. The minimum absolute atomic E-state index is 0.0307. The summed E-state index contributed by atoms with van der Waals surface area (Å²) in [7, 11) is 0. The first kappa shape index (κ1) is 14.8. The summed E-state index contributed by atoms with van der Waals surface area (Å²) in [4.78, 5) is 25.9. The third-order valence-corrected chi connectivity index (χ3v) is 4.28. The molecule has 0 atom stereocenters. The zero-order valence-corrected chi connectivity index (χ0v) is 13.2. The van der Waals surface area contributed by atoms with Crippen LogP contribution in [0.1, 0.15) is 28.8 Å². The first-order chi connectivity index (χ1) is 11.7. The second-order valence-electron chi connectivity index (χ2n) is 6.18. The van der Waals surface area contributed by atoms with Crippen LogP contribution in [0.2, 0.25) is 0 Å². The average Bonchev–Trinajstić information content (AvgIpc) is 3.42. The highest BCUT2D eigenvalue weighted by Gasteiger charge is 2.26. The molecule has 1 N–H and O–H groups in total. The van der Waals surface area contributed by atoms with E-state index in [1.807, 2.05) is 48.5 Å². The number of fused-ring (bicyclic) bond motifs is 1. The van der Waals surface area contributed by atoms with Crippen LogP contribution in [0.4, 0.5) is 5.69 Å². The monoisotopic (exact) mass is 322 g/mol. The van der Waals surface area contributed by atoms with Crippen LogP contribution in [-0.4, -0.2) is 24.5 Å². The Labute approximate surface area is 140 Å². The average molecular weight is 322 g/mol. The molecule has 5 nitrogen and oxygen atoms in total. The maximum atomic E-state index is 12.2. The highest BCUT2D eigenvalue weighted by Crippen LogP contribution is 2.32. The van der Waals surface area contributed by atoms with Gasteiger partial charge in [0.1, 0.15) is 5.75 Å². The fraction of sp³-hybridized carbons (Fsp3) is 0.263. The fourth-order valence-corrected chi connectivity index (χ4v) is 2.77. The molecule has 5 heteroatoms. The van der Waals surface area contributed by atoms with Crippen molar-refractivity contribution < 1.29 is 14.3 Å². The Balaban J connectivity index is 1.50. The summed E-state index contributed by atoms with van der Waals surface area (Å²) >= 11 is 0. The number of para-hydroxylation sites is 2. The van der Waals surface area contributed by atoms with Crippen LogP contribution >= 0.6 is 0 Å². The van der Waals surface area contributed by atoms with Crippen LogP contribution < -0.4 is 15.0 Å². The summed E-state index contributed by atoms with van der Waals surface area (Å²) in [6.07, 6.45) is 2.14. The van der Waals surface area contributed by atoms with Crippen LogP contribution in [0.25, 0.3) is 0 Å². The van der Waals surface area contributed by atoms with Crippen molar-refractivity contribution in [1.29, 1.82) is 0 Å². The van der Waals surface area contributed by atoms with Gasteiger partial charge < -0.3 is 15.0 Å². The second-order valence-corrected chi connectivity index (χ2v) is 6.18. The predicted molar refractivity (Wildman–Crippen MR) is 90.1 cm³/mol. The van der Waals surface area contributed by atoms with Gasteiger partial charge in [-0.25, -0.2) is 0 Å². The van der Waals surface area contributed by atoms with Gasteiger partial charge in [-0.3, -0.25) is 9.59 Å². The summed E-state index contributed by atoms with van der Waals surface area (Å²) < 4.78 is 5.45. The summed E-state index contributed by atoms with van der Waals surface area (Å²) in [5.41, 5.74) is 2.41. The van der Waals surface area contributed by atoms with E-state index in [4.69, 9.17) is 4.74 Å². The fourth-order valence-electron chi connectivity index (χ4n) is 2.77. The van der Waals surface area contributed by atoms with E-state index in [0.717, 1.165) is 29.8 Å². The van der Waals surface area contributed by atoms with Gasteiger partial charge in [-0.15, -0.1) is 0 Å². The molecule has 1 aliphatic carbocycles. The third kappa shape index (κ3) is 2.97. The van der Waals surface area contributed by atoms with Gasteiger partial charge in [-0.1, -0.05) is 24.3 Å². The van der Waals surface area contributed by atoms with Crippen molar-refractivity contribution in [1.82, 2.24) is 5.32 Å². The van der Waals surface area contributed by atoms with Gasteiger partial charge in [0.15, 0.2) is 6.61 Å². The number of benzene rings is 2. The Morgan fingerprint density at radius 1 is 1.12 bits per heavy atom. The molecule has 1 fully saturated rings. The van der Waals surface area contributed by atoms with E-state index in [0.29, 0.717) is 18.2 Å². The Morgan fingerprint density at radius 2 is 1.88 bits per heavy atom. The summed E-state index contributed by atoms with van der Waals surface area (Å²) in [6, 6.07) is 15.3. The van der Waals surface area contributed by atoms with Crippen LogP contribution in [0.15, 0.2) is 48.5 Å². The molecule has 2 amide bonds. The van der Waals surface area contributed by atoms with Crippen molar-refractivity contribution in [3.05, 3.63) is 59.7 Å². The molecular formula is C19H18N2O3. The Bertz CT molecular complexity index is 781. The van der Waals surface area contributed by atoms with E-state index in [9.17, 15) is 9.59 Å². The van der Waals surface area contributed by atoms with E-state index in [1.54, 1.807) is 4.90 Å². The van der Waals surface area contributed by atoms with Gasteiger partial charge in [0.2, 0.25) is 0 Å². The zero-order chi connectivity index (χ0) is 16.5. The molecule has 2 aromatic rings. The maximum Gasteiger partial charge on any atom is 0.265 e. The molecule has 0 aromatic heterocycles. The molecule has 0 radical (unpaired) electrons. The molecule has 0 bridgehead atoms.